The molecule has 1 aromatic rings. The molecule has 0 radical (unpaired) electrons. The normalized spacial score (nSPS) is 18.0. The summed E-state index contributed by atoms with van der Waals surface area (Å²) in [5.41, 5.74) is 6.53. The molecule has 2 N–H and O–H groups in total. The van der Waals surface area contributed by atoms with Crippen LogP contribution in [0.1, 0.15) is 38.2 Å². The summed E-state index contributed by atoms with van der Waals surface area (Å²) in [5, 5.41) is 4.08. The van der Waals surface area contributed by atoms with Crippen LogP contribution < -0.4 is 5.73 Å². The largest absolute Gasteiger partial charge is 0.351 e. The first-order chi connectivity index (χ1) is 10.1. The fourth-order valence-electron chi connectivity index (χ4n) is 2.72. The van der Waals surface area contributed by atoms with Crippen molar-refractivity contribution in [1.29, 1.82) is 0 Å². The second-order valence-corrected chi connectivity index (χ2v) is 6.21. The number of hydrogen-bond acceptors (Lipinski definition) is 3. The number of likely N-dealkylation sites (tertiary alicyclic amines) is 1. The lowest BCUT2D eigenvalue weighted by Gasteiger charge is -2.29. The topological polar surface area (TPSA) is 66.6 Å². The zero-order valence-electron chi connectivity index (χ0n) is 12.5. The zero-order chi connectivity index (χ0) is 15.2. The molecule has 0 unspecified atom stereocenters. The van der Waals surface area contributed by atoms with Crippen molar-refractivity contribution >= 4 is 23.3 Å². The molecule has 2 rings (SSSR count). The maximum Gasteiger partial charge on any atom is 0.315 e. The van der Waals surface area contributed by atoms with E-state index < -0.39 is 6.03 Å². The van der Waals surface area contributed by atoms with Gasteiger partial charge >= 0.3 is 6.03 Å². The van der Waals surface area contributed by atoms with Crippen LogP contribution in [0.25, 0.3) is 0 Å². The van der Waals surface area contributed by atoms with Crippen LogP contribution in [0.4, 0.5) is 4.79 Å². The summed E-state index contributed by atoms with van der Waals surface area (Å²) in [5.74, 6) is 0.0333. The van der Waals surface area contributed by atoms with Gasteiger partial charge in [0.2, 0.25) is 5.91 Å². The van der Waals surface area contributed by atoms with E-state index in [1.54, 1.807) is 11.3 Å². The number of amides is 3. The third kappa shape index (κ3) is 3.97. The van der Waals surface area contributed by atoms with Gasteiger partial charge in [0.25, 0.3) is 0 Å². The molecule has 0 bridgehead atoms. The lowest BCUT2D eigenvalue weighted by atomic mass is 10.1. The van der Waals surface area contributed by atoms with Gasteiger partial charge in [-0.05, 0) is 41.7 Å². The van der Waals surface area contributed by atoms with Gasteiger partial charge in [-0.3, -0.25) is 4.79 Å². The van der Waals surface area contributed by atoms with Gasteiger partial charge < -0.3 is 15.5 Å². The number of nitrogens with two attached hydrogens (primary N) is 1. The van der Waals surface area contributed by atoms with E-state index in [-0.39, 0.29) is 11.9 Å². The second kappa shape index (κ2) is 7.45. The first-order valence-electron chi connectivity index (χ1n) is 7.49. The van der Waals surface area contributed by atoms with E-state index in [1.807, 2.05) is 16.3 Å². The predicted octanol–water partition coefficient (Wildman–Crippen LogP) is 2.42. The average Bonchev–Trinajstić information content (AvgIpc) is 3.13. The van der Waals surface area contributed by atoms with E-state index in [0.29, 0.717) is 19.5 Å². The van der Waals surface area contributed by atoms with E-state index >= 15 is 0 Å². The molecule has 2 heterocycles. The number of primary amides is 1. The van der Waals surface area contributed by atoms with Crippen molar-refractivity contribution in [3.8, 4) is 0 Å². The molecule has 0 spiro atoms. The summed E-state index contributed by atoms with van der Waals surface area (Å²) < 4.78 is 0. The van der Waals surface area contributed by atoms with Crippen LogP contribution in [0.5, 0.6) is 0 Å². The van der Waals surface area contributed by atoms with Crippen LogP contribution in [-0.2, 0) is 11.3 Å². The van der Waals surface area contributed by atoms with Gasteiger partial charge in [-0.25, -0.2) is 4.79 Å². The molecule has 1 aliphatic heterocycles. The molecular formula is C15H23N3O2S. The zero-order valence-corrected chi connectivity index (χ0v) is 13.3. The number of urea groups is 1. The third-order valence-corrected chi connectivity index (χ3v) is 4.60. The summed E-state index contributed by atoms with van der Waals surface area (Å²) in [4.78, 5) is 27.6. The Kier molecular flexibility index (Phi) is 5.61. The highest BCUT2D eigenvalue weighted by Gasteiger charge is 2.35. The average molecular weight is 309 g/mol. The third-order valence-electron chi connectivity index (χ3n) is 3.87. The first kappa shape index (κ1) is 15.8. The maximum absolute atomic E-state index is 12.8. The van der Waals surface area contributed by atoms with Gasteiger partial charge in [-0.1, -0.05) is 13.3 Å². The SMILES string of the molecule is CCCCN(Cc1ccsc1)C(=O)[C@@H]1CCCN1C(N)=O. The van der Waals surface area contributed by atoms with Crippen LogP contribution in [0.3, 0.4) is 0 Å². The Hall–Kier alpha value is -1.56. The molecule has 21 heavy (non-hydrogen) atoms. The summed E-state index contributed by atoms with van der Waals surface area (Å²) in [6.45, 7) is 4.05. The molecule has 1 fully saturated rings. The van der Waals surface area contributed by atoms with Crippen molar-refractivity contribution in [3.63, 3.8) is 0 Å². The molecule has 3 amide bonds. The number of nitrogens with zero attached hydrogens (tertiary/aromatic N) is 2. The van der Waals surface area contributed by atoms with Crippen molar-refractivity contribution in [1.82, 2.24) is 9.80 Å². The highest BCUT2D eigenvalue weighted by atomic mass is 32.1. The maximum atomic E-state index is 12.8. The highest BCUT2D eigenvalue weighted by Crippen LogP contribution is 2.21. The summed E-state index contributed by atoms with van der Waals surface area (Å²) in [7, 11) is 0. The van der Waals surface area contributed by atoms with E-state index in [4.69, 9.17) is 5.73 Å². The fourth-order valence-corrected chi connectivity index (χ4v) is 3.38. The summed E-state index contributed by atoms with van der Waals surface area (Å²) >= 11 is 1.63. The number of carbonyl (C=O) groups excluding carboxylic acids is 2. The van der Waals surface area contributed by atoms with Crippen LogP contribution >= 0.6 is 11.3 Å². The number of hydrogen-bond donors (Lipinski definition) is 1. The van der Waals surface area contributed by atoms with E-state index in [2.05, 4.69) is 12.3 Å². The van der Waals surface area contributed by atoms with Gasteiger partial charge in [-0.2, -0.15) is 11.3 Å². The van der Waals surface area contributed by atoms with E-state index in [1.165, 1.54) is 4.90 Å². The molecule has 5 nitrogen and oxygen atoms in total. The molecule has 1 atom stereocenters. The van der Waals surface area contributed by atoms with Crippen LogP contribution in [0.15, 0.2) is 16.8 Å². The fraction of sp³-hybridized carbons (Fsp3) is 0.600. The van der Waals surface area contributed by atoms with Gasteiger partial charge in [0.05, 0.1) is 0 Å². The molecule has 6 heteroatoms. The summed E-state index contributed by atoms with van der Waals surface area (Å²) in [6, 6.07) is 1.17. The molecule has 1 saturated heterocycles. The molecule has 1 aromatic heterocycles. The van der Waals surface area contributed by atoms with Gasteiger partial charge in [0.15, 0.2) is 0 Å². The molecule has 0 aromatic carbocycles. The molecular weight excluding hydrogens is 286 g/mol. The van der Waals surface area contributed by atoms with Crippen molar-refractivity contribution < 1.29 is 9.59 Å². The van der Waals surface area contributed by atoms with Gasteiger partial charge in [0, 0.05) is 19.6 Å². The standard InChI is InChI=1S/C15H23N3O2S/c1-2-3-7-17(10-12-6-9-21-11-12)14(19)13-5-4-8-18(13)15(16)20/h6,9,11,13H,2-5,7-8,10H2,1H3,(H2,16,20)/t13-/m0/s1. The minimum Gasteiger partial charge on any atom is -0.351 e. The molecule has 0 saturated carbocycles. The monoisotopic (exact) mass is 309 g/mol. The Morgan fingerprint density at radius 1 is 1.52 bits per heavy atom. The highest BCUT2D eigenvalue weighted by molar-refractivity contribution is 7.07. The Balaban J connectivity index is 2.07. The van der Waals surface area contributed by atoms with Crippen molar-refractivity contribution in [2.45, 2.75) is 45.2 Å². The van der Waals surface area contributed by atoms with Crippen molar-refractivity contribution in [2.75, 3.05) is 13.1 Å². The first-order valence-corrected chi connectivity index (χ1v) is 8.43. The molecule has 116 valence electrons. The number of unbranched alkanes of at least 4 members (excludes halogenated alkanes) is 1. The Morgan fingerprint density at radius 2 is 2.33 bits per heavy atom. The molecule has 0 aliphatic carbocycles. The minimum atomic E-state index is -0.489. The quantitative estimate of drug-likeness (QED) is 0.877. The predicted molar refractivity (Wildman–Crippen MR) is 84.0 cm³/mol. The number of thiophene rings is 1. The number of carbonyl (C=O) groups is 2. The van der Waals surface area contributed by atoms with Gasteiger partial charge in [-0.15, -0.1) is 0 Å². The van der Waals surface area contributed by atoms with Crippen LogP contribution in [-0.4, -0.2) is 40.9 Å². The van der Waals surface area contributed by atoms with Crippen molar-refractivity contribution in [3.05, 3.63) is 22.4 Å². The smallest absolute Gasteiger partial charge is 0.315 e. The van der Waals surface area contributed by atoms with Crippen molar-refractivity contribution in [2.24, 2.45) is 5.73 Å². The molecule has 1 aliphatic rings. The Morgan fingerprint density at radius 3 is 2.95 bits per heavy atom. The second-order valence-electron chi connectivity index (χ2n) is 5.43. The van der Waals surface area contributed by atoms with Crippen LogP contribution in [0, 0.1) is 0 Å². The lowest BCUT2D eigenvalue weighted by Crippen LogP contribution is -2.49. The Bertz CT molecular complexity index is 475. The minimum absolute atomic E-state index is 0.0333. The van der Waals surface area contributed by atoms with Crippen LogP contribution in [0.2, 0.25) is 0 Å². The number of rotatable bonds is 6. The lowest BCUT2D eigenvalue weighted by molar-refractivity contribution is -0.135. The van der Waals surface area contributed by atoms with Gasteiger partial charge in [0.1, 0.15) is 6.04 Å². The summed E-state index contributed by atoms with van der Waals surface area (Å²) in [6.07, 6.45) is 3.57. The van der Waals surface area contributed by atoms with E-state index in [9.17, 15) is 9.59 Å². The Labute approximate surface area is 129 Å². The van der Waals surface area contributed by atoms with E-state index in [0.717, 1.165) is 31.4 Å².